The molecule has 0 aliphatic rings. The van der Waals surface area contributed by atoms with E-state index in [2.05, 4.69) is 41.3 Å². The Kier molecular flexibility index (Phi) is 33.5. The highest BCUT2D eigenvalue weighted by Gasteiger charge is 2.26. The van der Waals surface area contributed by atoms with Gasteiger partial charge < -0.3 is 54.5 Å². The van der Waals surface area contributed by atoms with Crippen LogP contribution >= 0.6 is 0 Å². The summed E-state index contributed by atoms with van der Waals surface area (Å²) in [5.41, 5.74) is 18.2. The van der Waals surface area contributed by atoms with Gasteiger partial charge in [-0.1, -0.05) is 45.6 Å². The van der Waals surface area contributed by atoms with Crippen LogP contribution in [0.5, 0.6) is 0 Å². The minimum atomic E-state index is -3.76. The molecule has 396 valence electrons. The molecule has 0 bridgehead atoms. The molecule has 2 unspecified atom stereocenters. The highest BCUT2D eigenvalue weighted by molar-refractivity contribution is 7.91. The van der Waals surface area contributed by atoms with Crippen molar-refractivity contribution in [3.8, 4) is 0 Å². The van der Waals surface area contributed by atoms with Crippen LogP contribution in [-0.2, 0) is 62.5 Å². The fourth-order valence-corrected chi connectivity index (χ4v) is 8.71. The molecule has 0 aliphatic heterocycles. The summed E-state index contributed by atoms with van der Waals surface area (Å²) >= 11 is 0. The van der Waals surface area contributed by atoms with Crippen molar-refractivity contribution in [1.29, 1.82) is 0 Å². The monoisotopic (exact) mass is 1040 g/mol. The predicted octanol–water partition coefficient (Wildman–Crippen LogP) is 4.55. The maximum atomic E-state index is 13.0. The zero-order valence-corrected chi connectivity index (χ0v) is 42.3. The molecule has 2 rings (SSSR count). The quantitative estimate of drug-likeness (QED) is 0.0182. The van der Waals surface area contributed by atoms with Gasteiger partial charge in [0.15, 0.2) is 26.0 Å². The van der Waals surface area contributed by atoms with Crippen molar-refractivity contribution in [3.63, 3.8) is 0 Å². The SMILES string of the molecule is CCOC(CCNC(=O)OC(CCNC(=O)CCOCCN=[N+]=[N-])CS(=O)(=O)c1ccc(C)cc1)OCC.Cc1ccc(S(=O)(=O)CC(CCNC(=O)CCOCCN=[N+]=[N-])OC(=O)NCCC=O)cc1. The zero-order valence-electron chi connectivity index (χ0n) is 40.7. The minimum Gasteiger partial charge on any atom is -0.445 e. The molecule has 2 atom stereocenters. The van der Waals surface area contributed by atoms with E-state index in [0.29, 0.717) is 25.9 Å². The predicted molar refractivity (Wildman–Crippen MR) is 259 cm³/mol. The fraction of sp³-hybridized carbons (Fsp3) is 0.614. The van der Waals surface area contributed by atoms with Gasteiger partial charge >= 0.3 is 12.2 Å². The molecule has 0 spiro atoms. The molecule has 0 saturated heterocycles. The van der Waals surface area contributed by atoms with Gasteiger partial charge in [0.1, 0.15) is 18.5 Å². The molecule has 4 N–H and O–H groups in total. The number of alkyl carbamates (subject to hydrolysis) is 2. The van der Waals surface area contributed by atoms with E-state index in [4.69, 9.17) is 39.5 Å². The van der Waals surface area contributed by atoms with E-state index in [-0.39, 0.29) is 119 Å². The third-order valence-electron chi connectivity index (χ3n) is 9.33. The number of sulfone groups is 2. The van der Waals surface area contributed by atoms with Crippen molar-refractivity contribution in [3.05, 3.63) is 80.5 Å². The average molecular weight is 1040 g/mol. The summed E-state index contributed by atoms with van der Waals surface area (Å²) in [6.45, 7) is 9.74. The molecule has 27 heteroatoms. The Morgan fingerprint density at radius 2 is 1.00 bits per heavy atom. The first-order valence-corrected chi connectivity index (χ1v) is 26.2. The number of carbonyl (C=O) groups excluding carboxylic acids is 5. The van der Waals surface area contributed by atoms with Crippen molar-refractivity contribution in [2.75, 3.05) is 90.4 Å². The van der Waals surface area contributed by atoms with E-state index >= 15 is 0 Å². The Bertz CT molecular complexity index is 2200. The van der Waals surface area contributed by atoms with E-state index in [9.17, 15) is 40.8 Å². The molecule has 0 saturated carbocycles. The van der Waals surface area contributed by atoms with Crippen LogP contribution in [0.4, 0.5) is 9.59 Å². The van der Waals surface area contributed by atoms with Crippen molar-refractivity contribution in [2.45, 2.75) is 94.5 Å². The normalized spacial score (nSPS) is 11.8. The van der Waals surface area contributed by atoms with Crippen LogP contribution < -0.4 is 21.3 Å². The maximum Gasteiger partial charge on any atom is 0.407 e. The van der Waals surface area contributed by atoms with Crippen LogP contribution in [0.1, 0.15) is 63.5 Å². The molecule has 0 aliphatic carbocycles. The summed E-state index contributed by atoms with van der Waals surface area (Å²) in [6.07, 6.45) is -2.70. The lowest BCUT2D eigenvalue weighted by atomic mass is 10.2. The third-order valence-corrected chi connectivity index (χ3v) is 12.9. The summed E-state index contributed by atoms with van der Waals surface area (Å²) in [6, 6.07) is 12.7. The lowest BCUT2D eigenvalue weighted by Crippen LogP contribution is -2.37. The number of carbonyl (C=O) groups is 5. The van der Waals surface area contributed by atoms with E-state index in [1.165, 1.54) is 24.3 Å². The first-order valence-electron chi connectivity index (χ1n) is 22.8. The first-order chi connectivity index (χ1) is 34.0. The van der Waals surface area contributed by atoms with Crippen LogP contribution in [0.3, 0.4) is 0 Å². The van der Waals surface area contributed by atoms with E-state index < -0.39 is 61.9 Å². The van der Waals surface area contributed by atoms with E-state index in [1.54, 1.807) is 24.3 Å². The van der Waals surface area contributed by atoms with Crippen LogP contribution in [-0.4, -0.2) is 156 Å². The lowest BCUT2D eigenvalue weighted by Gasteiger charge is -2.20. The molecule has 2 aromatic carbocycles. The number of azide groups is 2. The number of rotatable bonds is 36. The van der Waals surface area contributed by atoms with E-state index in [1.807, 2.05) is 27.7 Å². The number of nitrogens with zero attached hydrogens (tertiary/aromatic N) is 6. The number of amides is 4. The Labute approximate surface area is 414 Å². The molecular formula is C44H68N10O15S2. The second-order valence-electron chi connectivity index (χ2n) is 15.1. The van der Waals surface area contributed by atoms with Gasteiger partial charge in [-0.15, -0.1) is 0 Å². The van der Waals surface area contributed by atoms with Gasteiger partial charge in [0.05, 0.1) is 47.7 Å². The van der Waals surface area contributed by atoms with Crippen molar-refractivity contribution >= 4 is 50.0 Å². The standard InChI is InChI=1S/C24H39N5O8S.C20H29N5O7S/c1-4-35-23(36-5-2)11-14-27-24(31)37-20(18-38(32,33)21-8-6-19(3)7-9-21)10-13-26-22(30)12-16-34-17-15-28-29-25;1-16-3-5-18(6-4-16)33(29,30)15-17(32-20(28)23-9-2-12-26)7-10-22-19(27)8-13-31-14-11-24-25-21/h6-9,20,23H,4-5,10-18H2,1-3H3,(H,26,30)(H,27,31);3-6,12,17H,2,7-11,13-15H2,1H3,(H,22,27)(H,23,28). The second kappa shape index (κ2) is 37.7. The van der Waals surface area contributed by atoms with Gasteiger partial charge in [0.2, 0.25) is 11.8 Å². The lowest BCUT2D eigenvalue weighted by molar-refractivity contribution is -0.138. The summed E-state index contributed by atoms with van der Waals surface area (Å²) in [7, 11) is -7.51. The summed E-state index contributed by atoms with van der Waals surface area (Å²) in [5.74, 6) is -1.54. The molecule has 0 aromatic heterocycles. The molecule has 0 fully saturated rings. The summed E-state index contributed by atoms with van der Waals surface area (Å²) < 4.78 is 83.3. The zero-order chi connectivity index (χ0) is 52.8. The number of nitrogens with one attached hydrogen (secondary N) is 4. The first kappa shape index (κ1) is 63.0. The van der Waals surface area contributed by atoms with Crippen molar-refractivity contribution in [2.24, 2.45) is 10.2 Å². The van der Waals surface area contributed by atoms with Gasteiger partial charge in [-0.05, 0) is 63.0 Å². The van der Waals surface area contributed by atoms with Gasteiger partial charge in [0.25, 0.3) is 0 Å². The molecule has 0 radical (unpaired) electrons. The van der Waals surface area contributed by atoms with Gasteiger partial charge in [-0.25, -0.2) is 26.4 Å². The summed E-state index contributed by atoms with van der Waals surface area (Å²) in [5, 5.41) is 16.9. The number of benzene rings is 2. The van der Waals surface area contributed by atoms with E-state index in [0.717, 1.165) is 11.1 Å². The molecule has 25 nitrogen and oxygen atoms in total. The minimum absolute atomic E-state index is 0.0651. The number of hydrogen-bond acceptors (Lipinski definition) is 17. The van der Waals surface area contributed by atoms with Crippen LogP contribution in [0.15, 0.2) is 68.6 Å². The van der Waals surface area contributed by atoms with Gasteiger partial charge in [-0.2, -0.15) is 0 Å². The largest absolute Gasteiger partial charge is 0.445 e. The Morgan fingerprint density at radius 1 is 0.606 bits per heavy atom. The summed E-state index contributed by atoms with van der Waals surface area (Å²) in [4.78, 5) is 64.1. The number of aryl methyl sites for hydroxylation is 2. The van der Waals surface area contributed by atoms with Gasteiger partial charge in [0, 0.05) is 101 Å². The fourth-order valence-electron chi connectivity index (χ4n) is 5.78. The number of ether oxygens (including phenoxy) is 6. The molecule has 2 aromatic rings. The van der Waals surface area contributed by atoms with Crippen LogP contribution in [0.2, 0.25) is 0 Å². The third kappa shape index (κ3) is 31.0. The molecule has 0 heterocycles. The average Bonchev–Trinajstić information content (AvgIpc) is 3.31. The maximum absolute atomic E-state index is 13.0. The number of hydrogen-bond donors (Lipinski definition) is 4. The molecule has 71 heavy (non-hydrogen) atoms. The second-order valence-corrected chi connectivity index (χ2v) is 19.2. The van der Waals surface area contributed by atoms with Crippen LogP contribution in [0, 0.1) is 13.8 Å². The topological polar surface area (TPSA) is 355 Å². The number of aldehydes is 1. The Morgan fingerprint density at radius 3 is 1.38 bits per heavy atom. The molecular weight excluding hydrogens is 973 g/mol. The van der Waals surface area contributed by atoms with Gasteiger partial charge in [-0.3, -0.25) is 9.59 Å². The van der Waals surface area contributed by atoms with Crippen LogP contribution in [0.25, 0.3) is 20.9 Å². The smallest absolute Gasteiger partial charge is 0.407 e. The Balaban J connectivity index is 0.000000717. The van der Waals surface area contributed by atoms with Crippen molar-refractivity contribution in [1.82, 2.24) is 21.3 Å². The van der Waals surface area contributed by atoms with Crippen molar-refractivity contribution < 1.29 is 69.2 Å². The Hall–Kier alpha value is -6.05. The highest BCUT2D eigenvalue weighted by atomic mass is 32.2. The molecule has 4 amide bonds. The highest BCUT2D eigenvalue weighted by Crippen LogP contribution is 2.17.